The van der Waals surface area contributed by atoms with E-state index in [4.69, 9.17) is 9.47 Å². The van der Waals surface area contributed by atoms with Gasteiger partial charge < -0.3 is 19.7 Å². The second-order valence-electron chi connectivity index (χ2n) is 16.5. The maximum Gasteiger partial charge on any atom is 0.421 e. The molecule has 14 heteroatoms. The number of aromatic hydroxyl groups is 1. The number of benzene rings is 6. The van der Waals surface area contributed by atoms with Crippen molar-refractivity contribution in [2.75, 3.05) is 18.5 Å². The van der Waals surface area contributed by atoms with E-state index in [1.165, 1.54) is 42.5 Å². The van der Waals surface area contributed by atoms with Gasteiger partial charge in [0.2, 0.25) is 5.91 Å². The molecule has 0 saturated carbocycles. The van der Waals surface area contributed by atoms with Crippen LogP contribution in [0, 0.1) is 27.9 Å². The number of fused-ring (bicyclic) bond motifs is 3. The minimum Gasteiger partial charge on any atom is -0.508 e. The Balaban J connectivity index is 1.23. The van der Waals surface area contributed by atoms with Gasteiger partial charge in [0.25, 0.3) is 5.69 Å². The summed E-state index contributed by atoms with van der Waals surface area (Å²) in [7, 11) is 1.93. The Labute approximate surface area is 379 Å². The van der Waals surface area contributed by atoms with Gasteiger partial charge in [0.05, 0.1) is 29.2 Å². The van der Waals surface area contributed by atoms with Gasteiger partial charge >= 0.3 is 18.0 Å². The number of anilines is 1. The monoisotopic (exact) mass is 882 g/mol. The Morgan fingerprint density at radius 3 is 2.08 bits per heavy atom. The van der Waals surface area contributed by atoms with Gasteiger partial charge in [0.1, 0.15) is 35.8 Å². The van der Waals surface area contributed by atoms with Gasteiger partial charge in [-0.3, -0.25) is 34.3 Å². The van der Waals surface area contributed by atoms with Gasteiger partial charge in [0.15, 0.2) is 0 Å². The summed E-state index contributed by atoms with van der Waals surface area (Å²) >= 11 is 0. The van der Waals surface area contributed by atoms with Gasteiger partial charge in [-0.25, -0.2) is 9.69 Å². The zero-order valence-electron chi connectivity index (χ0n) is 35.5. The Hall–Kier alpha value is -8.12. The standard InChI is InChI=1S/C52H42N4O10/c1-53(31-34-12-5-2-6-13-34)29-11-14-33-21-28-42-41(30-33)52(50(61)54(42)51(62)65-32-35-19-24-39(25-20-35)56(63)64)43(48(58)59)45-49(60)66-46(37-17-9-4-10-18-37)44(36-15-7-3-8-16-36)55(45)47(52)38-22-26-40(57)27-23-38/h2-10,12-13,15-28,30,43-47,57H,29,31-32H2,1H3,(H,58,59)/t43-,44-,45-,46+,47+,52-/m0/s1. The summed E-state index contributed by atoms with van der Waals surface area (Å²) in [5.74, 6) is 1.09. The number of cyclic esters (lactones) is 1. The number of phenolic OH excluding ortho intramolecular Hbond substituents is 1. The number of non-ortho nitro benzene ring substituents is 1. The lowest BCUT2D eigenvalue weighted by molar-refractivity contribution is -0.384. The predicted molar refractivity (Wildman–Crippen MR) is 241 cm³/mol. The number of carbonyl (C=O) groups is 4. The molecule has 6 aromatic rings. The lowest BCUT2D eigenvalue weighted by Crippen LogP contribution is -2.53. The zero-order valence-corrected chi connectivity index (χ0v) is 35.5. The summed E-state index contributed by atoms with van der Waals surface area (Å²) in [6.45, 7) is 0.595. The van der Waals surface area contributed by atoms with Crippen molar-refractivity contribution in [2.45, 2.75) is 42.8 Å². The van der Waals surface area contributed by atoms with E-state index >= 15 is 4.79 Å². The number of hydrogen-bond acceptors (Lipinski definition) is 11. The molecule has 0 aliphatic carbocycles. The van der Waals surface area contributed by atoms with Crippen LogP contribution < -0.4 is 4.90 Å². The predicted octanol–water partition coefficient (Wildman–Crippen LogP) is 7.87. The summed E-state index contributed by atoms with van der Waals surface area (Å²) in [5.41, 5.74) is 1.33. The van der Waals surface area contributed by atoms with Crippen LogP contribution >= 0.6 is 0 Å². The molecule has 1 spiro atoms. The normalized spacial score (nSPS) is 22.0. The highest BCUT2D eigenvalue weighted by Gasteiger charge is 2.76. The zero-order chi connectivity index (χ0) is 46.1. The summed E-state index contributed by atoms with van der Waals surface area (Å²) in [6.07, 6.45) is -2.12. The number of nitro benzene ring substituents is 1. The van der Waals surface area contributed by atoms with Crippen molar-refractivity contribution in [3.8, 4) is 17.6 Å². The average molecular weight is 883 g/mol. The van der Waals surface area contributed by atoms with E-state index in [1.54, 1.807) is 41.3 Å². The smallest absolute Gasteiger partial charge is 0.421 e. The molecule has 2 saturated heterocycles. The molecule has 3 heterocycles. The minimum absolute atomic E-state index is 0.0274. The SMILES string of the molecule is CN(CC#Cc1ccc2c(c1)[C@]1(C(=O)N2C(=O)OCc2ccc([N+](=O)[O-])cc2)[C@H](C(=O)O)[C@H]2C(=O)O[C@H](c3ccccc3)[C@H](c3ccccc3)N2[C@@H]1c1ccc(O)cc1)Cc1ccccc1. The van der Waals surface area contributed by atoms with Crippen molar-refractivity contribution in [1.29, 1.82) is 0 Å². The van der Waals surface area contributed by atoms with Crippen LogP contribution in [0.4, 0.5) is 16.2 Å². The highest BCUT2D eigenvalue weighted by atomic mass is 16.6. The van der Waals surface area contributed by atoms with Crippen molar-refractivity contribution in [2.24, 2.45) is 5.92 Å². The highest BCUT2D eigenvalue weighted by molar-refractivity contribution is 6.23. The van der Waals surface area contributed by atoms with Crippen LogP contribution in [0.3, 0.4) is 0 Å². The fraction of sp³-hybridized carbons (Fsp3) is 0.192. The quantitative estimate of drug-likeness (QED) is 0.0590. The molecular weight excluding hydrogens is 841 g/mol. The number of nitrogens with zero attached hydrogens (tertiary/aromatic N) is 4. The lowest BCUT2D eigenvalue weighted by atomic mass is 9.65. The Morgan fingerprint density at radius 1 is 0.803 bits per heavy atom. The number of aliphatic carboxylic acids is 1. The number of esters is 1. The number of phenols is 1. The van der Waals surface area contributed by atoms with E-state index in [2.05, 4.69) is 11.8 Å². The highest BCUT2D eigenvalue weighted by Crippen LogP contribution is 2.66. The van der Waals surface area contributed by atoms with E-state index in [1.807, 2.05) is 90.8 Å². The molecule has 0 aromatic heterocycles. The molecule has 2 amide bonds. The van der Waals surface area contributed by atoms with Gasteiger partial charge in [0, 0.05) is 24.2 Å². The van der Waals surface area contributed by atoms with Crippen LogP contribution in [0.1, 0.15) is 57.1 Å². The van der Waals surface area contributed by atoms with Gasteiger partial charge in [-0.15, -0.1) is 0 Å². The van der Waals surface area contributed by atoms with Crippen molar-refractivity contribution < 1.29 is 43.8 Å². The van der Waals surface area contributed by atoms with Gasteiger partial charge in [-0.2, -0.15) is 0 Å². The first-order valence-corrected chi connectivity index (χ1v) is 21.2. The Morgan fingerprint density at radius 2 is 1.44 bits per heavy atom. The molecule has 330 valence electrons. The van der Waals surface area contributed by atoms with Crippen LogP contribution in [0.2, 0.25) is 0 Å². The summed E-state index contributed by atoms with van der Waals surface area (Å²) in [5, 5.41) is 33.5. The second-order valence-corrected chi connectivity index (χ2v) is 16.5. The molecule has 2 N–H and O–H groups in total. The number of carboxylic acid groups (broad SMARTS) is 1. The van der Waals surface area contributed by atoms with Crippen molar-refractivity contribution >= 4 is 35.3 Å². The number of hydrogen-bond donors (Lipinski definition) is 2. The third-order valence-electron chi connectivity index (χ3n) is 12.5. The Kier molecular flexibility index (Phi) is 11.6. The fourth-order valence-corrected chi connectivity index (χ4v) is 9.75. The topological polar surface area (TPSA) is 180 Å². The number of carbonyl (C=O) groups excluding carboxylic acids is 3. The third kappa shape index (κ3) is 7.70. The number of amides is 2. The molecule has 14 nitrogen and oxygen atoms in total. The van der Waals surface area contributed by atoms with E-state index in [-0.39, 0.29) is 29.3 Å². The average Bonchev–Trinajstić information content (AvgIpc) is 3.78. The first-order valence-electron chi connectivity index (χ1n) is 21.2. The van der Waals surface area contributed by atoms with Crippen LogP contribution in [-0.2, 0) is 42.4 Å². The second kappa shape index (κ2) is 17.8. The number of imide groups is 1. The van der Waals surface area contributed by atoms with Crippen LogP contribution in [0.15, 0.2) is 158 Å². The first kappa shape index (κ1) is 43.1. The summed E-state index contributed by atoms with van der Waals surface area (Å²) in [6, 6.07) is 40.5. The van der Waals surface area contributed by atoms with E-state index in [9.17, 15) is 34.7 Å². The lowest BCUT2D eigenvalue weighted by Gasteiger charge is -2.46. The van der Waals surface area contributed by atoms with E-state index < -0.39 is 64.4 Å². The number of morpholine rings is 1. The molecule has 6 atom stereocenters. The minimum atomic E-state index is -2.23. The molecule has 0 bridgehead atoms. The molecule has 0 unspecified atom stereocenters. The third-order valence-corrected chi connectivity index (χ3v) is 12.5. The molecule has 9 rings (SSSR count). The molecule has 2 fully saturated rings. The van der Waals surface area contributed by atoms with Crippen LogP contribution in [-0.4, -0.2) is 68.5 Å². The van der Waals surface area contributed by atoms with Crippen LogP contribution in [0.25, 0.3) is 0 Å². The fourth-order valence-electron chi connectivity index (χ4n) is 9.75. The van der Waals surface area contributed by atoms with E-state index in [0.717, 1.165) is 10.5 Å². The number of rotatable bonds is 10. The molecule has 66 heavy (non-hydrogen) atoms. The van der Waals surface area contributed by atoms with Crippen molar-refractivity contribution in [1.82, 2.24) is 9.80 Å². The van der Waals surface area contributed by atoms with Crippen molar-refractivity contribution in [3.63, 3.8) is 0 Å². The maximum absolute atomic E-state index is 16.0. The summed E-state index contributed by atoms with van der Waals surface area (Å²) < 4.78 is 12.1. The molecule has 0 radical (unpaired) electrons. The Bertz CT molecular complexity index is 2890. The molecule has 6 aromatic carbocycles. The van der Waals surface area contributed by atoms with Crippen molar-refractivity contribution in [3.05, 3.63) is 207 Å². The maximum atomic E-state index is 16.0. The molecular formula is C52H42N4O10. The molecule has 3 aliphatic rings. The number of nitro groups is 1. The van der Waals surface area contributed by atoms with Crippen LogP contribution in [0.5, 0.6) is 5.75 Å². The number of ether oxygens (including phenoxy) is 2. The molecule has 3 aliphatic heterocycles. The summed E-state index contributed by atoms with van der Waals surface area (Å²) in [4.78, 5) is 74.9. The number of carboxylic acids is 1. The van der Waals surface area contributed by atoms with Gasteiger partial charge in [-0.05, 0) is 82.9 Å². The first-order chi connectivity index (χ1) is 32.0. The van der Waals surface area contributed by atoms with Gasteiger partial charge in [-0.1, -0.05) is 115 Å². The van der Waals surface area contributed by atoms with E-state index in [0.29, 0.717) is 40.9 Å². The largest absolute Gasteiger partial charge is 0.508 e.